The predicted molar refractivity (Wildman–Crippen MR) is 123 cm³/mol. The summed E-state index contributed by atoms with van der Waals surface area (Å²) >= 11 is 1.59. The molecular weight excluding hydrogens is 449 g/mol. The largest absolute Gasteiger partial charge is 0.416 e. The van der Waals surface area contributed by atoms with Gasteiger partial charge in [0.05, 0.1) is 5.56 Å². The number of dihydropyridines is 1. The third-order valence-corrected chi connectivity index (χ3v) is 6.66. The molecule has 1 heterocycles. The van der Waals surface area contributed by atoms with Crippen LogP contribution < -0.4 is 10.6 Å². The Balaban J connectivity index is 1.74. The number of thioether (sulfide) groups is 1. The van der Waals surface area contributed by atoms with Crippen molar-refractivity contribution in [2.45, 2.75) is 43.2 Å². The summed E-state index contributed by atoms with van der Waals surface area (Å²) in [4.78, 5) is 27.4. The Labute approximate surface area is 194 Å². The molecule has 2 N–H and O–H groups in total. The monoisotopic (exact) mass is 472 g/mol. The number of carbonyl (C=O) groups is 2. The third kappa shape index (κ3) is 4.71. The van der Waals surface area contributed by atoms with Gasteiger partial charge in [0.15, 0.2) is 5.78 Å². The van der Waals surface area contributed by atoms with Gasteiger partial charge in [0.2, 0.25) is 0 Å². The molecule has 1 aliphatic heterocycles. The van der Waals surface area contributed by atoms with Crippen LogP contribution in [-0.2, 0) is 15.8 Å². The van der Waals surface area contributed by atoms with Gasteiger partial charge in [-0.3, -0.25) is 9.59 Å². The van der Waals surface area contributed by atoms with Crippen molar-refractivity contribution < 1.29 is 22.8 Å². The number of amides is 1. The fourth-order valence-electron chi connectivity index (χ4n) is 4.39. The number of nitrogens with one attached hydrogen (secondary N) is 2. The Morgan fingerprint density at radius 3 is 2.52 bits per heavy atom. The number of halogens is 3. The maximum Gasteiger partial charge on any atom is 0.416 e. The van der Waals surface area contributed by atoms with Crippen molar-refractivity contribution in [1.82, 2.24) is 5.32 Å². The minimum Gasteiger partial charge on any atom is -0.362 e. The van der Waals surface area contributed by atoms with E-state index in [-0.39, 0.29) is 11.5 Å². The molecule has 8 heteroatoms. The summed E-state index contributed by atoms with van der Waals surface area (Å²) in [5.41, 5.74) is 2.30. The first-order chi connectivity index (χ1) is 15.7. The summed E-state index contributed by atoms with van der Waals surface area (Å²) in [6.07, 6.45) is -0.704. The number of ketones is 1. The van der Waals surface area contributed by atoms with Crippen LogP contribution in [0.15, 0.2) is 76.0 Å². The first-order valence-corrected chi connectivity index (χ1v) is 11.8. The van der Waals surface area contributed by atoms with Crippen LogP contribution in [0.1, 0.15) is 43.2 Å². The van der Waals surface area contributed by atoms with E-state index >= 15 is 0 Å². The van der Waals surface area contributed by atoms with Crippen LogP contribution in [0, 0.1) is 0 Å². The van der Waals surface area contributed by atoms with Crippen molar-refractivity contribution in [2.24, 2.45) is 0 Å². The van der Waals surface area contributed by atoms with Crippen molar-refractivity contribution in [3.05, 3.63) is 82.2 Å². The van der Waals surface area contributed by atoms with Gasteiger partial charge in [0.25, 0.3) is 5.91 Å². The first-order valence-electron chi connectivity index (χ1n) is 10.6. The van der Waals surface area contributed by atoms with Gasteiger partial charge >= 0.3 is 6.18 Å². The van der Waals surface area contributed by atoms with Gasteiger partial charge in [0, 0.05) is 45.5 Å². The molecule has 0 unspecified atom stereocenters. The minimum absolute atomic E-state index is 0.0143. The number of allylic oxidation sites excluding steroid dienone is 3. The number of benzene rings is 2. The molecule has 0 fully saturated rings. The average molecular weight is 473 g/mol. The standard InChI is InChI=1S/C25H23F3N2O2S/c1-14-21(24(32)30-17-6-3-5-16(13-17)25(26,27)28)22(15-9-11-18(33-2)12-10-15)23-19(29-14)7-4-8-20(23)31/h3,5-6,9-13,22,29H,4,7-8H2,1-2H3,(H,30,32)/t22-/m1/s1. The number of hydrogen-bond donors (Lipinski definition) is 2. The SMILES string of the molecule is CSc1ccc([C@@H]2C(C(=O)Nc3cccc(C(F)(F)F)c3)=C(C)NC3=C2C(=O)CCC3)cc1. The van der Waals surface area contributed by atoms with E-state index in [1.807, 2.05) is 30.5 Å². The molecule has 0 aromatic heterocycles. The summed E-state index contributed by atoms with van der Waals surface area (Å²) in [6, 6.07) is 12.2. The Morgan fingerprint density at radius 1 is 1.12 bits per heavy atom. The van der Waals surface area contributed by atoms with E-state index in [1.165, 1.54) is 12.1 Å². The lowest BCUT2D eigenvalue weighted by atomic mass is 9.75. The zero-order valence-corrected chi connectivity index (χ0v) is 19.0. The maximum atomic E-state index is 13.4. The van der Waals surface area contributed by atoms with Crippen molar-refractivity contribution in [3.63, 3.8) is 0 Å². The molecule has 2 aliphatic rings. The van der Waals surface area contributed by atoms with Gasteiger partial charge in [-0.25, -0.2) is 0 Å². The Kier molecular flexibility index (Phi) is 6.38. The number of carbonyl (C=O) groups excluding carboxylic acids is 2. The number of alkyl halides is 3. The van der Waals surface area contributed by atoms with E-state index in [4.69, 9.17) is 0 Å². The van der Waals surface area contributed by atoms with Gasteiger partial charge in [-0.2, -0.15) is 13.2 Å². The summed E-state index contributed by atoms with van der Waals surface area (Å²) < 4.78 is 39.4. The van der Waals surface area contributed by atoms with E-state index in [2.05, 4.69) is 10.6 Å². The second-order valence-electron chi connectivity index (χ2n) is 8.07. The number of anilines is 1. The Bertz CT molecular complexity index is 1170. The van der Waals surface area contributed by atoms with Gasteiger partial charge in [-0.15, -0.1) is 11.8 Å². The molecule has 33 heavy (non-hydrogen) atoms. The normalized spacial score (nSPS) is 18.7. The molecule has 0 saturated carbocycles. The van der Waals surface area contributed by atoms with Crippen molar-refractivity contribution in [2.75, 3.05) is 11.6 Å². The fraction of sp³-hybridized carbons (Fsp3) is 0.280. The highest BCUT2D eigenvalue weighted by Crippen LogP contribution is 2.43. The number of hydrogen-bond acceptors (Lipinski definition) is 4. The molecule has 2 aromatic carbocycles. The highest BCUT2D eigenvalue weighted by molar-refractivity contribution is 7.98. The topological polar surface area (TPSA) is 58.2 Å². The van der Waals surface area contributed by atoms with E-state index in [0.29, 0.717) is 29.7 Å². The Morgan fingerprint density at radius 2 is 1.85 bits per heavy atom. The van der Waals surface area contributed by atoms with Crippen LogP contribution in [0.3, 0.4) is 0 Å². The fourth-order valence-corrected chi connectivity index (χ4v) is 4.79. The molecule has 1 amide bonds. The first kappa shape index (κ1) is 23.2. The number of Topliss-reactive ketones (excluding diaryl/α,β-unsaturated/α-hetero) is 1. The molecule has 0 bridgehead atoms. The molecular formula is C25H23F3N2O2S. The maximum absolute atomic E-state index is 13.4. The summed E-state index contributed by atoms with van der Waals surface area (Å²) in [7, 11) is 0. The lowest BCUT2D eigenvalue weighted by Gasteiger charge is -2.34. The minimum atomic E-state index is -4.52. The summed E-state index contributed by atoms with van der Waals surface area (Å²) in [5, 5.41) is 5.83. The van der Waals surface area contributed by atoms with Crippen molar-refractivity contribution >= 4 is 29.1 Å². The molecule has 2 aromatic rings. The molecule has 1 aliphatic carbocycles. The van der Waals surface area contributed by atoms with E-state index < -0.39 is 23.6 Å². The van der Waals surface area contributed by atoms with Crippen molar-refractivity contribution in [3.8, 4) is 0 Å². The van der Waals surface area contributed by atoms with Gasteiger partial charge < -0.3 is 10.6 Å². The van der Waals surface area contributed by atoms with Crippen LogP contribution in [0.5, 0.6) is 0 Å². The lowest BCUT2D eigenvalue weighted by molar-refractivity contribution is -0.137. The molecule has 0 saturated heterocycles. The molecule has 0 spiro atoms. The van der Waals surface area contributed by atoms with E-state index in [1.54, 1.807) is 18.7 Å². The van der Waals surface area contributed by atoms with Crippen LogP contribution in [0.4, 0.5) is 18.9 Å². The van der Waals surface area contributed by atoms with Crippen LogP contribution in [0.25, 0.3) is 0 Å². The third-order valence-electron chi connectivity index (χ3n) is 5.92. The smallest absolute Gasteiger partial charge is 0.362 e. The van der Waals surface area contributed by atoms with Crippen LogP contribution >= 0.6 is 11.8 Å². The molecule has 0 radical (unpaired) electrons. The summed E-state index contributed by atoms with van der Waals surface area (Å²) in [6.45, 7) is 1.76. The highest BCUT2D eigenvalue weighted by Gasteiger charge is 2.38. The highest BCUT2D eigenvalue weighted by atomic mass is 32.2. The van der Waals surface area contributed by atoms with Gasteiger partial charge in [-0.05, 0) is 61.9 Å². The van der Waals surface area contributed by atoms with E-state index in [0.717, 1.165) is 34.7 Å². The lowest BCUT2D eigenvalue weighted by Crippen LogP contribution is -2.35. The molecule has 1 atom stereocenters. The molecule has 4 rings (SSSR count). The summed E-state index contributed by atoms with van der Waals surface area (Å²) in [5.74, 6) is -1.14. The van der Waals surface area contributed by atoms with Crippen LogP contribution in [0.2, 0.25) is 0 Å². The number of rotatable bonds is 4. The van der Waals surface area contributed by atoms with Gasteiger partial charge in [0.1, 0.15) is 0 Å². The second-order valence-corrected chi connectivity index (χ2v) is 8.95. The average Bonchev–Trinajstić information content (AvgIpc) is 2.78. The molecule has 172 valence electrons. The van der Waals surface area contributed by atoms with Crippen LogP contribution in [-0.4, -0.2) is 17.9 Å². The molecule has 4 nitrogen and oxygen atoms in total. The second kappa shape index (κ2) is 9.09. The quantitative estimate of drug-likeness (QED) is 0.533. The predicted octanol–water partition coefficient (Wildman–Crippen LogP) is 6.03. The Hall–Kier alpha value is -3.00. The van der Waals surface area contributed by atoms with Gasteiger partial charge in [-0.1, -0.05) is 18.2 Å². The van der Waals surface area contributed by atoms with E-state index in [9.17, 15) is 22.8 Å². The zero-order chi connectivity index (χ0) is 23.8. The van der Waals surface area contributed by atoms with Crippen molar-refractivity contribution in [1.29, 1.82) is 0 Å². The zero-order valence-electron chi connectivity index (χ0n) is 18.2.